The lowest BCUT2D eigenvalue weighted by molar-refractivity contribution is 0.195. The van der Waals surface area contributed by atoms with E-state index < -0.39 is 0 Å². The minimum absolute atomic E-state index is 0. The van der Waals surface area contributed by atoms with E-state index in [1.54, 1.807) is 18.8 Å². The summed E-state index contributed by atoms with van der Waals surface area (Å²) in [6.07, 6.45) is 4.88. The van der Waals surface area contributed by atoms with Gasteiger partial charge in [-0.3, -0.25) is 9.56 Å². The first kappa shape index (κ1) is 20.9. The lowest BCUT2D eigenvalue weighted by Gasteiger charge is -2.11. The third-order valence-electron chi connectivity index (χ3n) is 3.91. The standard InChI is InChI=1S/C15H28N6O2.HI/c1-16-14(18-9-6-12-23-2)17-8-5-11-21-15(22)20-10-4-3-7-13(20)19-21;/h3-12H2,1-2H3,(H2,16,17,18);1H. The Hall–Kier alpha value is -1.10. The van der Waals surface area contributed by atoms with Crippen LogP contribution in [0.25, 0.3) is 0 Å². The maximum absolute atomic E-state index is 12.2. The molecule has 0 saturated carbocycles. The summed E-state index contributed by atoms with van der Waals surface area (Å²) in [6, 6.07) is 0. The Morgan fingerprint density at radius 2 is 2.04 bits per heavy atom. The van der Waals surface area contributed by atoms with Crippen LogP contribution in [-0.4, -0.2) is 54.2 Å². The number of hydrogen-bond acceptors (Lipinski definition) is 4. The number of aryl methyl sites for hydroxylation is 2. The molecule has 0 bridgehead atoms. The number of aliphatic imine (C=N–C) groups is 1. The highest BCUT2D eigenvalue weighted by atomic mass is 127. The predicted octanol–water partition coefficient (Wildman–Crippen LogP) is 0.591. The fraction of sp³-hybridized carbons (Fsp3) is 0.800. The summed E-state index contributed by atoms with van der Waals surface area (Å²) in [7, 11) is 3.45. The molecule has 0 amide bonds. The number of methoxy groups -OCH3 is 1. The number of fused-ring (bicyclic) bond motifs is 1. The maximum atomic E-state index is 12.2. The minimum Gasteiger partial charge on any atom is -0.385 e. The van der Waals surface area contributed by atoms with Crippen LogP contribution in [0.15, 0.2) is 9.79 Å². The largest absolute Gasteiger partial charge is 0.385 e. The number of nitrogens with zero attached hydrogens (tertiary/aromatic N) is 4. The van der Waals surface area contributed by atoms with Crippen molar-refractivity contribution in [3.05, 3.63) is 16.3 Å². The molecular formula is C15H29IN6O2. The first-order valence-corrected chi connectivity index (χ1v) is 8.36. The number of ether oxygens (including phenoxy) is 1. The molecule has 138 valence electrons. The van der Waals surface area contributed by atoms with Gasteiger partial charge in [-0.2, -0.15) is 5.10 Å². The zero-order chi connectivity index (χ0) is 16.5. The van der Waals surface area contributed by atoms with E-state index in [9.17, 15) is 4.79 Å². The number of rotatable bonds is 8. The Morgan fingerprint density at radius 1 is 1.29 bits per heavy atom. The summed E-state index contributed by atoms with van der Waals surface area (Å²) >= 11 is 0. The molecule has 0 atom stereocenters. The Bertz CT molecular complexity index is 569. The van der Waals surface area contributed by atoms with Crippen molar-refractivity contribution >= 4 is 29.9 Å². The molecule has 2 N–H and O–H groups in total. The summed E-state index contributed by atoms with van der Waals surface area (Å²) in [6.45, 7) is 3.74. The van der Waals surface area contributed by atoms with Gasteiger partial charge in [0.2, 0.25) is 0 Å². The van der Waals surface area contributed by atoms with E-state index >= 15 is 0 Å². The first-order chi connectivity index (χ1) is 11.3. The van der Waals surface area contributed by atoms with Crippen LogP contribution in [0, 0.1) is 0 Å². The van der Waals surface area contributed by atoms with E-state index in [0.717, 1.165) is 70.1 Å². The molecule has 2 heterocycles. The van der Waals surface area contributed by atoms with Crippen molar-refractivity contribution in [1.29, 1.82) is 0 Å². The van der Waals surface area contributed by atoms with Gasteiger partial charge in [0.05, 0.1) is 0 Å². The second-order valence-electron chi connectivity index (χ2n) is 5.66. The van der Waals surface area contributed by atoms with Crippen LogP contribution in [-0.2, 0) is 24.2 Å². The molecule has 0 spiro atoms. The number of halogens is 1. The van der Waals surface area contributed by atoms with Crippen LogP contribution in [0.2, 0.25) is 0 Å². The average molecular weight is 452 g/mol. The summed E-state index contributed by atoms with van der Waals surface area (Å²) in [5.74, 6) is 1.71. The molecule has 0 unspecified atom stereocenters. The lowest BCUT2D eigenvalue weighted by Crippen LogP contribution is -2.39. The van der Waals surface area contributed by atoms with Crippen LogP contribution in [0.1, 0.15) is 31.5 Å². The summed E-state index contributed by atoms with van der Waals surface area (Å²) in [5, 5.41) is 10.9. The fourth-order valence-electron chi connectivity index (χ4n) is 2.67. The Balaban J connectivity index is 0.00000288. The van der Waals surface area contributed by atoms with Crippen LogP contribution < -0.4 is 16.3 Å². The molecule has 0 radical (unpaired) electrons. The van der Waals surface area contributed by atoms with Crippen molar-refractivity contribution in [3.8, 4) is 0 Å². The Morgan fingerprint density at radius 3 is 2.71 bits per heavy atom. The number of guanidine groups is 1. The van der Waals surface area contributed by atoms with Crippen molar-refractivity contribution in [2.24, 2.45) is 4.99 Å². The summed E-state index contributed by atoms with van der Waals surface area (Å²) in [4.78, 5) is 16.4. The molecule has 2 rings (SSSR count). The summed E-state index contributed by atoms with van der Waals surface area (Å²) in [5.41, 5.74) is 0.0294. The zero-order valence-corrected chi connectivity index (χ0v) is 16.9. The number of nitrogens with one attached hydrogen (secondary N) is 2. The summed E-state index contributed by atoms with van der Waals surface area (Å²) < 4.78 is 8.42. The quantitative estimate of drug-likeness (QED) is 0.261. The molecule has 8 nitrogen and oxygen atoms in total. The normalized spacial score (nSPS) is 14.0. The molecule has 0 saturated heterocycles. The van der Waals surface area contributed by atoms with Gasteiger partial charge in [-0.15, -0.1) is 24.0 Å². The number of aromatic nitrogens is 3. The molecule has 9 heteroatoms. The van der Waals surface area contributed by atoms with Crippen molar-refractivity contribution in [2.45, 2.75) is 45.2 Å². The van der Waals surface area contributed by atoms with Gasteiger partial charge in [0.1, 0.15) is 5.82 Å². The molecule has 1 aliphatic rings. The maximum Gasteiger partial charge on any atom is 0.345 e. The van der Waals surface area contributed by atoms with Gasteiger partial charge in [0, 0.05) is 53.4 Å². The van der Waals surface area contributed by atoms with E-state index in [2.05, 4.69) is 20.7 Å². The van der Waals surface area contributed by atoms with Crippen LogP contribution in [0.4, 0.5) is 0 Å². The smallest absolute Gasteiger partial charge is 0.345 e. The molecule has 0 aliphatic carbocycles. The van der Waals surface area contributed by atoms with Crippen molar-refractivity contribution in [1.82, 2.24) is 25.0 Å². The van der Waals surface area contributed by atoms with Crippen LogP contribution >= 0.6 is 24.0 Å². The van der Waals surface area contributed by atoms with Gasteiger partial charge >= 0.3 is 5.69 Å². The van der Waals surface area contributed by atoms with E-state index in [0.29, 0.717) is 6.54 Å². The third-order valence-corrected chi connectivity index (χ3v) is 3.91. The lowest BCUT2D eigenvalue weighted by atomic mass is 10.2. The van der Waals surface area contributed by atoms with Crippen LogP contribution in [0.3, 0.4) is 0 Å². The van der Waals surface area contributed by atoms with E-state index in [1.165, 1.54) is 0 Å². The van der Waals surface area contributed by atoms with Crippen LogP contribution in [0.5, 0.6) is 0 Å². The van der Waals surface area contributed by atoms with Gasteiger partial charge in [0.15, 0.2) is 5.96 Å². The number of hydrogen-bond donors (Lipinski definition) is 2. The minimum atomic E-state index is 0. The van der Waals surface area contributed by atoms with Crippen molar-refractivity contribution < 1.29 is 4.74 Å². The first-order valence-electron chi connectivity index (χ1n) is 8.36. The van der Waals surface area contributed by atoms with Crippen molar-refractivity contribution in [2.75, 3.05) is 33.9 Å². The molecular weight excluding hydrogens is 423 g/mol. The monoisotopic (exact) mass is 452 g/mol. The third kappa shape index (κ3) is 6.08. The van der Waals surface area contributed by atoms with Gasteiger partial charge in [0.25, 0.3) is 0 Å². The SMILES string of the molecule is CN=C(NCCCOC)NCCCn1nc2n(c1=O)CCCC2.I. The van der Waals surface area contributed by atoms with Crippen molar-refractivity contribution in [3.63, 3.8) is 0 Å². The highest BCUT2D eigenvalue weighted by Gasteiger charge is 2.16. The van der Waals surface area contributed by atoms with E-state index in [-0.39, 0.29) is 29.7 Å². The molecule has 1 aromatic heterocycles. The molecule has 24 heavy (non-hydrogen) atoms. The Labute approximate surface area is 160 Å². The predicted molar refractivity (Wildman–Crippen MR) is 105 cm³/mol. The Kier molecular flexibility index (Phi) is 9.99. The highest BCUT2D eigenvalue weighted by Crippen LogP contribution is 2.09. The average Bonchev–Trinajstić information content (AvgIpc) is 2.90. The van der Waals surface area contributed by atoms with Gasteiger partial charge < -0.3 is 15.4 Å². The van der Waals surface area contributed by atoms with Gasteiger partial charge in [-0.05, 0) is 25.7 Å². The molecule has 0 fully saturated rings. The molecule has 1 aliphatic heterocycles. The topological polar surface area (TPSA) is 85.5 Å². The second kappa shape index (κ2) is 11.5. The van der Waals surface area contributed by atoms with E-state index in [1.807, 2.05) is 4.57 Å². The fourth-order valence-corrected chi connectivity index (χ4v) is 2.67. The van der Waals surface area contributed by atoms with E-state index in [4.69, 9.17) is 4.74 Å². The highest BCUT2D eigenvalue weighted by molar-refractivity contribution is 14.0. The van der Waals surface area contributed by atoms with Gasteiger partial charge in [-0.1, -0.05) is 0 Å². The van der Waals surface area contributed by atoms with Gasteiger partial charge in [-0.25, -0.2) is 9.48 Å². The molecule has 0 aromatic carbocycles. The zero-order valence-electron chi connectivity index (χ0n) is 14.6. The second-order valence-corrected chi connectivity index (χ2v) is 5.66. The molecule has 1 aromatic rings.